The lowest BCUT2D eigenvalue weighted by Gasteiger charge is -2.35. The minimum absolute atomic E-state index is 0.0886. The highest BCUT2D eigenvalue weighted by Gasteiger charge is 2.20. The molecule has 2 aromatic carbocycles. The molecule has 1 fully saturated rings. The molecule has 1 saturated heterocycles. The van der Waals surface area contributed by atoms with Crippen molar-refractivity contribution < 1.29 is 14.6 Å². The fraction of sp³-hybridized carbons (Fsp3) is 0.333. The number of aliphatic hydroxyl groups excluding tert-OH is 1. The van der Waals surface area contributed by atoms with E-state index in [0.29, 0.717) is 46.6 Å². The predicted molar refractivity (Wildman–Crippen MR) is 127 cm³/mol. The van der Waals surface area contributed by atoms with E-state index < -0.39 is 6.10 Å². The minimum Gasteiger partial charge on any atom is -0.491 e. The number of amides is 1. The average Bonchev–Trinajstić information content (AvgIpc) is 2.79. The molecule has 1 atom stereocenters. The Hall–Kier alpha value is -2.56. The van der Waals surface area contributed by atoms with E-state index >= 15 is 0 Å². The number of nitrogens with zero attached hydrogens (tertiary/aromatic N) is 3. The molecule has 0 aromatic heterocycles. The van der Waals surface area contributed by atoms with E-state index in [2.05, 4.69) is 11.0 Å². The number of benzene rings is 2. The van der Waals surface area contributed by atoms with Crippen molar-refractivity contribution in [2.24, 2.45) is 0 Å². The highest BCUT2D eigenvalue weighted by molar-refractivity contribution is 6.42. The summed E-state index contributed by atoms with van der Waals surface area (Å²) in [7, 11) is 0. The molecule has 1 heterocycles. The maximum absolute atomic E-state index is 11.4. The number of β-amino-alcohol motifs (C(OH)–C–C–N with tert-alkyl or cyclic N) is 1. The maximum atomic E-state index is 11.4. The number of ether oxygens (including phenoxy) is 1. The number of piperazine rings is 1. The Bertz CT molecular complexity index is 1010. The van der Waals surface area contributed by atoms with Crippen LogP contribution < -0.4 is 4.74 Å². The van der Waals surface area contributed by atoms with Gasteiger partial charge in [0.05, 0.1) is 21.7 Å². The lowest BCUT2D eigenvalue weighted by molar-refractivity contribution is -0.130. The Morgan fingerprint density at radius 2 is 1.84 bits per heavy atom. The Kier molecular flexibility index (Phi) is 8.54. The van der Waals surface area contributed by atoms with Crippen molar-refractivity contribution >= 4 is 40.8 Å². The first-order chi connectivity index (χ1) is 15.4. The molecule has 1 aliphatic heterocycles. The number of nitriles is 1. The minimum atomic E-state index is -0.627. The summed E-state index contributed by atoms with van der Waals surface area (Å²) in [6.45, 7) is 5.12. The highest BCUT2D eigenvalue weighted by atomic mass is 35.5. The Morgan fingerprint density at radius 3 is 2.44 bits per heavy atom. The first-order valence-electron chi connectivity index (χ1n) is 10.3. The molecule has 1 unspecified atom stereocenters. The Morgan fingerprint density at radius 1 is 1.16 bits per heavy atom. The van der Waals surface area contributed by atoms with Gasteiger partial charge in [-0.05, 0) is 41.5 Å². The van der Waals surface area contributed by atoms with Crippen molar-refractivity contribution in [3.63, 3.8) is 0 Å². The molecule has 3 rings (SSSR count). The van der Waals surface area contributed by atoms with Gasteiger partial charge in [-0.25, -0.2) is 0 Å². The molecule has 0 aliphatic carbocycles. The molecule has 32 heavy (non-hydrogen) atoms. The third-order valence-electron chi connectivity index (χ3n) is 5.27. The highest BCUT2D eigenvalue weighted by Crippen LogP contribution is 2.27. The predicted octanol–water partition coefficient (Wildman–Crippen LogP) is 3.96. The fourth-order valence-electron chi connectivity index (χ4n) is 3.46. The number of hydrogen-bond acceptors (Lipinski definition) is 5. The molecule has 0 saturated carbocycles. The molecule has 6 nitrogen and oxygen atoms in total. The second kappa shape index (κ2) is 11.3. The van der Waals surface area contributed by atoms with E-state index in [0.717, 1.165) is 18.7 Å². The lowest BCUT2D eigenvalue weighted by Crippen LogP contribution is -2.50. The van der Waals surface area contributed by atoms with E-state index in [9.17, 15) is 15.2 Å². The molecule has 0 bridgehead atoms. The standard InChI is InChI=1S/C24H25Cl2N3O3/c1-17(30)29-10-8-28(9-11-29)15-21(31)16-32-22-5-2-18(3-6-22)12-20(14-27)19-4-7-23(25)24(26)13-19/h2-7,12-13,21,31H,8-11,15-16H2,1H3/b20-12+. The van der Waals surface area contributed by atoms with Crippen LogP contribution in [0.4, 0.5) is 0 Å². The quantitative estimate of drug-likeness (QED) is 0.486. The van der Waals surface area contributed by atoms with Crippen molar-refractivity contribution in [2.75, 3.05) is 39.3 Å². The van der Waals surface area contributed by atoms with Gasteiger partial charge in [0.15, 0.2) is 0 Å². The van der Waals surface area contributed by atoms with E-state index in [1.54, 1.807) is 43.3 Å². The van der Waals surface area contributed by atoms with Crippen LogP contribution >= 0.6 is 23.2 Å². The molecule has 0 spiro atoms. The normalized spacial score (nSPS) is 15.8. The van der Waals surface area contributed by atoms with Crippen LogP contribution in [0.2, 0.25) is 10.0 Å². The first kappa shape index (κ1) is 24.1. The van der Waals surface area contributed by atoms with Gasteiger partial charge in [-0.15, -0.1) is 0 Å². The van der Waals surface area contributed by atoms with Crippen LogP contribution in [-0.2, 0) is 4.79 Å². The summed E-state index contributed by atoms with van der Waals surface area (Å²) in [5, 5.41) is 20.6. The summed E-state index contributed by atoms with van der Waals surface area (Å²) in [4.78, 5) is 15.3. The van der Waals surface area contributed by atoms with E-state index in [-0.39, 0.29) is 12.5 Å². The molecule has 1 amide bonds. The van der Waals surface area contributed by atoms with Gasteiger partial charge in [0.25, 0.3) is 0 Å². The fourth-order valence-corrected chi connectivity index (χ4v) is 3.76. The summed E-state index contributed by atoms with van der Waals surface area (Å²) < 4.78 is 5.71. The first-order valence-corrected chi connectivity index (χ1v) is 11.1. The van der Waals surface area contributed by atoms with Gasteiger partial charge in [0, 0.05) is 39.6 Å². The number of carbonyl (C=O) groups is 1. The monoisotopic (exact) mass is 473 g/mol. The number of allylic oxidation sites excluding steroid dienone is 1. The van der Waals surface area contributed by atoms with Gasteiger partial charge in [-0.1, -0.05) is 41.4 Å². The molecule has 2 aromatic rings. The summed E-state index contributed by atoms with van der Waals surface area (Å²) in [6.07, 6.45) is 1.14. The molecule has 1 N–H and O–H groups in total. The van der Waals surface area contributed by atoms with Crippen LogP contribution in [0.1, 0.15) is 18.1 Å². The van der Waals surface area contributed by atoms with Crippen molar-refractivity contribution in [1.82, 2.24) is 9.80 Å². The molecule has 0 radical (unpaired) electrons. The Labute approximate surface area is 198 Å². The zero-order valence-corrected chi connectivity index (χ0v) is 19.3. The number of carbonyl (C=O) groups excluding carboxylic acids is 1. The number of aliphatic hydroxyl groups is 1. The molecular weight excluding hydrogens is 449 g/mol. The van der Waals surface area contributed by atoms with Gasteiger partial charge in [0.1, 0.15) is 18.5 Å². The topological polar surface area (TPSA) is 76.8 Å². The van der Waals surface area contributed by atoms with Crippen LogP contribution in [0, 0.1) is 11.3 Å². The van der Waals surface area contributed by atoms with E-state index in [4.69, 9.17) is 27.9 Å². The van der Waals surface area contributed by atoms with Gasteiger partial charge in [-0.2, -0.15) is 5.26 Å². The van der Waals surface area contributed by atoms with Crippen molar-refractivity contribution in [3.05, 3.63) is 63.6 Å². The summed E-state index contributed by atoms with van der Waals surface area (Å²) >= 11 is 12.0. The Balaban J connectivity index is 1.52. The van der Waals surface area contributed by atoms with Gasteiger partial charge < -0.3 is 14.7 Å². The summed E-state index contributed by atoms with van der Waals surface area (Å²) in [6, 6.07) is 14.6. The number of rotatable bonds is 7. The second-order valence-corrected chi connectivity index (χ2v) is 8.45. The molecule has 1 aliphatic rings. The van der Waals surface area contributed by atoms with Gasteiger partial charge in [0.2, 0.25) is 5.91 Å². The van der Waals surface area contributed by atoms with Crippen LogP contribution in [0.5, 0.6) is 5.75 Å². The van der Waals surface area contributed by atoms with Crippen LogP contribution in [0.25, 0.3) is 11.6 Å². The number of halogens is 2. The van der Waals surface area contributed by atoms with E-state index in [1.807, 2.05) is 17.0 Å². The smallest absolute Gasteiger partial charge is 0.219 e. The molecular formula is C24H25Cl2N3O3. The van der Waals surface area contributed by atoms with E-state index in [1.165, 1.54) is 0 Å². The number of hydrogen-bond donors (Lipinski definition) is 1. The van der Waals surface area contributed by atoms with Gasteiger partial charge >= 0.3 is 0 Å². The molecule has 168 valence electrons. The SMILES string of the molecule is CC(=O)N1CCN(CC(O)COc2ccc(/C=C(\C#N)c3ccc(Cl)c(Cl)c3)cc2)CC1. The van der Waals surface area contributed by atoms with Crippen LogP contribution in [-0.4, -0.2) is 66.2 Å². The largest absolute Gasteiger partial charge is 0.491 e. The zero-order chi connectivity index (χ0) is 23.1. The van der Waals surface area contributed by atoms with Gasteiger partial charge in [-0.3, -0.25) is 9.69 Å². The average molecular weight is 474 g/mol. The third-order valence-corrected chi connectivity index (χ3v) is 6.01. The van der Waals surface area contributed by atoms with Crippen molar-refractivity contribution in [3.8, 4) is 11.8 Å². The molecule has 8 heteroatoms. The van der Waals surface area contributed by atoms with Crippen molar-refractivity contribution in [2.45, 2.75) is 13.0 Å². The van der Waals surface area contributed by atoms with Crippen LogP contribution in [0.15, 0.2) is 42.5 Å². The van der Waals surface area contributed by atoms with Crippen molar-refractivity contribution in [1.29, 1.82) is 5.26 Å². The zero-order valence-electron chi connectivity index (χ0n) is 17.8. The second-order valence-electron chi connectivity index (χ2n) is 7.64. The third kappa shape index (κ3) is 6.72. The summed E-state index contributed by atoms with van der Waals surface area (Å²) in [5.74, 6) is 0.723. The van der Waals surface area contributed by atoms with Crippen LogP contribution in [0.3, 0.4) is 0 Å². The summed E-state index contributed by atoms with van der Waals surface area (Å²) in [5.41, 5.74) is 2.00. The maximum Gasteiger partial charge on any atom is 0.219 e. The lowest BCUT2D eigenvalue weighted by atomic mass is 10.0.